The molecule has 1 amide bonds. The second-order valence-corrected chi connectivity index (χ2v) is 6.99. The third-order valence-electron chi connectivity index (χ3n) is 3.75. The van der Waals surface area contributed by atoms with E-state index >= 15 is 0 Å². The number of hydrogen-bond acceptors (Lipinski definition) is 7. The Morgan fingerprint density at radius 3 is 2.54 bits per heavy atom. The summed E-state index contributed by atoms with van der Waals surface area (Å²) >= 11 is 1.61. The van der Waals surface area contributed by atoms with Crippen molar-refractivity contribution in [2.45, 2.75) is 11.8 Å². The molecular formula is C19H21N3O5S. The highest BCUT2D eigenvalue weighted by atomic mass is 32.2. The van der Waals surface area contributed by atoms with Gasteiger partial charge < -0.3 is 15.4 Å². The van der Waals surface area contributed by atoms with Gasteiger partial charge in [-0.1, -0.05) is 17.7 Å². The number of benzene rings is 2. The predicted molar refractivity (Wildman–Crippen MR) is 108 cm³/mol. The van der Waals surface area contributed by atoms with Crippen LogP contribution in [0.2, 0.25) is 0 Å². The Labute approximate surface area is 166 Å². The number of nitro benzene ring substituents is 1. The Morgan fingerprint density at radius 2 is 1.89 bits per heavy atom. The highest BCUT2D eigenvalue weighted by Gasteiger charge is 2.18. The number of nitrogens with zero attached hydrogens (tertiary/aromatic N) is 1. The molecule has 148 valence electrons. The summed E-state index contributed by atoms with van der Waals surface area (Å²) in [5.41, 5.74) is 1.23. The summed E-state index contributed by atoms with van der Waals surface area (Å²) in [4.78, 5) is 35.4. The number of carbonyl (C=O) groups excluding carboxylic acids is 2. The molecule has 0 heterocycles. The molecule has 2 aromatic rings. The second-order valence-electron chi connectivity index (χ2n) is 5.83. The van der Waals surface area contributed by atoms with Gasteiger partial charge in [0, 0.05) is 30.3 Å². The molecule has 0 aliphatic carbocycles. The Morgan fingerprint density at radius 1 is 1.18 bits per heavy atom. The number of nitrogens with one attached hydrogen (secondary N) is 2. The summed E-state index contributed by atoms with van der Waals surface area (Å²) in [6, 6.07) is 12.0. The average molecular weight is 403 g/mol. The number of ether oxygens (including phenoxy) is 1. The van der Waals surface area contributed by atoms with Crippen LogP contribution in [0.25, 0.3) is 0 Å². The van der Waals surface area contributed by atoms with Crippen LogP contribution in [-0.4, -0.2) is 42.8 Å². The second kappa shape index (κ2) is 10.3. The van der Waals surface area contributed by atoms with Gasteiger partial charge in [-0.3, -0.25) is 14.9 Å². The van der Waals surface area contributed by atoms with Gasteiger partial charge in [0.05, 0.1) is 10.5 Å². The summed E-state index contributed by atoms with van der Waals surface area (Å²) in [5, 5.41) is 16.4. The van der Waals surface area contributed by atoms with Gasteiger partial charge in [0.15, 0.2) is 6.61 Å². The lowest BCUT2D eigenvalue weighted by Crippen LogP contribution is -2.30. The molecule has 28 heavy (non-hydrogen) atoms. The number of rotatable bonds is 9. The molecule has 2 rings (SSSR count). The van der Waals surface area contributed by atoms with Gasteiger partial charge in [0.25, 0.3) is 11.6 Å². The molecule has 2 aromatic carbocycles. The first-order valence-corrected chi connectivity index (χ1v) is 9.48. The summed E-state index contributed by atoms with van der Waals surface area (Å²) in [5.74, 6) is -0.547. The number of carbonyl (C=O) groups is 2. The highest BCUT2D eigenvalue weighted by molar-refractivity contribution is 7.99. The normalized spacial score (nSPS) is 10.2. The van der Waals surface area contributed by atoms with Crippen molar-refractivity contribution in [2.75, 3.05) is 31.3 Å². The van der Waals surface area contributed by atoms with Crippen molar-refractivity contribution in [1.82, 2.24) is 5.32 Å². The van der Waals surface area contributed by atoms with Gasteiger partial charge in [-0.25, -0.2) is 4.79 Å². The van der Waals surface area contributed by atoms with E-state index in [0.717, 1.165) is 11.0 Å². The Hall–Kier alpha value is -3.07. The van der Waals surface area contributed by atoms with Gasteiger partial charge in [-0.05, 0) is 31.2 Å². The summed E-state index contributed by atoms with van der Waals surface area (Å²) in [6.07, 6.45) is 0. The number of esters is 1. The molecule has 0 radical (unpaired) electrons. The minimum Gasteiger partial charge on any atom is -0.452 e. The molecule has 0 spiro atoms. The van der Waals surface area contributed by atoms with Crippen LogP contribution < -0.4 is 10.6 Å². The van der Waals surface area contributed by atoms with Gasteiger partial charge in [-0.15, -0.1) is 11.8 Å². The van der Waals surface area contributed by atoms with Crippen LogP contribution in [0.5, 0.6) is 0 Å². The van der Waals surface area contributed by atoms with Crippen LogP contribution in [0, 0.1) is 17.0 Å². The van der Waals surface area contributed by atoms with Crippen molar-refractivity contribution in [3.05, 3.63) is 63.7 Å². The average Bonchev–Trinajstić information content (AvgIpc) is 2.70. The number of thioether (sulfide) groups is 1. The Balaban J connectivity index is 1.76. The maximum atomic E-state index is 12.0. The summed E-state index contributed by atoms with van der Waals surface area (Å²) < 4.78 is 4.93. The zero-order valence-electron chi connectivity index (χ0n) is 15.6. The van der Waals surface area contributed by atoms with Crippen molar-refractivity contribution < 1.29 is 19.2 Å². The van der Waals surface area contributed by atoms with Crippen LogP contribution in [0.3, 0.4) is 0 Å². The van der Waals surface area contributed by atoms with E-state index in [9.17, 15) is 19.7 Å². The molecule has 0 atom stereocenters. The van der Waals surface area contributed by atoms with Crippen molar-refractivity contribution >= 4 is 35.0 Å². The lowest BCUT2D eigenvalue weighted by atomic mass is 10.1. The van der Waals surface area contributed by atoms with Crippen LogP contribution in [0.4, 0.5) is 11.4 Å². The molecular weight excluding hydrogens is 382 g/mol. The number of anilines is 1. The van der Waals surface area contributed by atoms with E-state index in [2.05, 4.69) is 10.6 Å². The predicted octanol–water partition coefficient (Wildman–Crippen LogP) is 3.01. The van der Waals surface area contributed by atoms with Gasteiger partial charge in [0.2, 0.25) is 0 Å². The number of aryl methyl sites for hydroxylation is 1. The van der Waals surface area contributed by atoms with Crippen molar-refractivity contribution in [3.63, 3.8) is 0 Å². The first-order chi connectivity index (χ1) is 13.4. The number of amides is 1. The fraction of sp³-hybridized carbons (Fsp3) is 0.263. The van der Waals surface area contributed by atoms with E-state index in [0.29, 0.717) is 12.3 Å². The largest absolute Gasteiger partial charge is 0.452 e. The third-order valence-corrected chi connectivity index (χ3v) is 4.76. The van der Waals surface area contributed by atoms with Crippen molar-refractivity contribution in [2.24, 2.45) is 0 Å². The van der Waals surface area contributed by atoms with Crippen LogP contribution in [0.15, 0.2) is 47.4 Å². The van der Waals surface area contributed by atoms with E-state index in [-0.39, 0.29) is 16.9 Å². The smallest absolute Gasteiger partial charge is 0.338 e. The summed E-state index contributed by atoms with van der Waals surface area (Å²) in [6.45, 7) is 2.00. The number of hydrogen-bond donors (Lipinski definition) is 2. The molecule has 2 N–H and O–H groups in total. The Bertz CT molecular complexity index is 855. The zero-order valence-corrected chi connectivity index (χ0v) is 16.4. The topological polar surface area (TPSA) is 111 Å². The minimum absolute atomic E-state index is 0.00780. The standard InChI is InChI=1S/C19H21N3O5S/c1-13-3-6-15(7-4-13)28-10-9-21-18(23)12-27-19(24)14-5-8-16(20-2)17(11-14)22(25)26/h3-8,11,20H,9-10,12H2,1-2H3,(H,21,23). The fourth-order valence-corrected chi connectivity index (χ4v) is 3.05. The first-order valence-electron chi connectivity index (χ1n) is 8.50. The molecule has 0 aromatic heterocycles. The molecule has 0 bridgehead atoms. The zero-order chi connectivity index (χ0) is 20.5. The molecule has 0 saturated heterocycles. The summed E-state index contributed by atoms with van der Waals surface area (Å²) in [7, 11) is 1.54. The maximum Gasteiger partial charge on any atom is 0.338 e. The molecule has 8 nitrogen and oxygen atoms in total. The molecule has 0 unspecified atom stereocenters. The van der Waals surface area contributed by atoms with Crippen molar-refractivity contribution in [1.29, 1.82) is 0 Å². The van der Waals surface area contributed by atoms with Crippen molar-refractivity contribution in [3.8, 4) is 0 Å². The lowest BCUT2D eigenvalue weighted by molar-refractivity contribution is -0.384. The minimum atomic E-state index is -0.796. The van der Waals surface area contributed by atoms with Gasteiger partial charge in [-0.2, -0.15) is 0 Å². The van der Waals surface area contributed by atoms with Crippen LogP contribution in [0.1, 0.15) is 15.9 Å². The third kappa shape index (κ3) is 6.27. The molecule has 0 saturated carbocycles. The van der Waals surface area contributed by atoms with E-state index in [1.54, 1.807) is 18.8 Å². The first kappa shape index (κ1) is 21.2. The van der Waals surface area contributed by atoms with E-state index < -0.39 is 23.4 Å². The number of nitro groups is 1. The Kier molecular flexibility index (Phi) is 7.82. The van der Waals surface area contributed by atoms with E-state index in [4.69, 9.17) is 4.74 Å². The lowest BCUT2D eigenvalue weighted by Gasteiger charge is -2.08. The molecule has 0 aliphatic heterocycles. The molecule has 0 aliphatic rings. The van der Waals surface area contributed by atoms with Gasteiger partial charge in [0.1, 0.15) is 5.69 Å². The molecule has 9 heteroatoms. The fourth-order valence-electron chi connectivity index (χ4n) is 2.28. The monoisotopic (exact) mass is 403 g/mol. The maximum absolute atomic E-state index is 12.0. The van der Waals surface area contributed by atoms with Crippen LogP contribution in [-0.2, 0) is 9.53 Å². The van der Waals surface area contributed by atoms with Gasteiger partial charge >= 0.3 is 5.97 Å². The van der Waals surface area contributed by atoms with Crippen LogP contribution >= 0.6 is 11.8 Å². The SMILES string of the molecule is CNc1ccc(C(=O)OCC(=O)NCCSc2ccc(C)cc2)cc1[N+](=O)[O-]. The molecule has 0 fully saturated rings. The van der Waals surface area contributed by atoms with E-state index in [1.165, 1.54) is 17.7 Å². The quantitative estimate of drug-likeness (QED) is 0.218. The van der Waals surface area contributed by atoms with E-state index in [1.807, 2.05) is 31.2 Å². The highest BCUT2D eigenvalue weighted by Crippen LogP contribution is 2.25.